The van der Waals surface area contributed by atoms with Gasteiger partial charge in [0.1, 0.15) is 0 Å². The van der Waals surface area contributed by atoms with Crippen molar-refractivity contribution >= 4 is 11.3 Å². The van der Waals surface area contributed by atoms with Gasteiger partial charge < -0.3 is 9.67 Å². The Morgan fingerprint density at radius 3 is 2.36 bits per heavy atom. The summed E-state index contributed by atoms with van der Waals surface area (Å²) < 4.78 is 1.73. The molecule has 0 saturated heterocycles. The Hall–Kier alpha value is -0.610. The van der Waals surface area contributed by atoms with Crippen LogP contribution in [0.3, 0.4) is 0 Å². The molecular weight excluding hydrogens is 198 g/mol. The van der Waals surface area contributed by atoms with Crippen LogP contribution in [0.1, 0.15) is 30.8 Å². The molecule has 0 aromatic carbocycles. The molecule has 1 rings (SSSR count). The van der Waals surface area contributed by atoms with Gasteiger partial charge in [-0.25, -0.2) is 0 Å². The van der Waals surface area contributed by atoms with Crippen LogP contribution in [0.5, 0.6) is 0 Å². The molecule has 3 nitrogen and oxygen atoms in total. The Morgan fingerprint density at radius 2 is 2.00 bits per heavy atom. The summed E-state index contributed by atoms with van der Waals surface area (Å²) in [6.07, 6.45) is 0.601. The lowest BCUT2D eigenvalue weighted by atomic mass is 10.1. The molecule has 0 aliphatic heterocycles. The molecule has 0 saturated carbocycles. The second-order valence-electron chi connectivity index (χ2n) is 4.22. The average molecular weight is 215 g/mol. The lowest BCUT2D eigenvalue weighted by Gasteiger charge is -2.17. The van der Waals surface area contributed by atoms with Crippen LogP contribution in [-0.4, -0.2) is 15.3 Å². The number of aryl methyl sites for hydroxylation is 1. The van der Waals surface area contributed by atoms with Gasteiger partial charge in [0, 0.05) is 17.1 Å². The minimum Gasteiger partial charge on any atom is -0.390 e. The van der Waals surface area contributed by atoms with Gasteiger partial charge in [0.15, 0.2) is 0 Å². The molecule has 80 valence electrons. The molecular formula is C10H17NO2S. The zero-order valence-corrected chi connectivity index (χ0v) is 9.94. The summed E-state index contributed by atoms with van der Waals surface area (Å²) in [5, 5.41) is 9.56. The molecule has 0 radical (unpaired) electrons. The number of hydrogen-bond donors (Lipinski definition) is 1. The fourth-order valence-corrected chi connectivity index (χ4v) is 2.09. The van der Waals surface area contributed by atoms with Crippen molar-refractivity contribution in [2.75, 3.05) is 0 Å². The van der Waals surface area contributed by atoms with Gasteiger partial charge in [-0.15, -0.1) is 0 Å². The van der Waals surface area contributed by atoms with E-state index in [1.165, 1.54) is 11.3 Å². The van der Waals surface area contributed by atoms with E-state index in [0.29, 0.717) is 13.0 Å². The van der Waals surface area contributed by atoms with Crippen LogP contribution in [0.4, 0.5) is 0 Å². The van der Waals surface area contributed by atoms with Crippen LogP contribution in [0.15, 0.2) is 4.79 Å². The number of aromatic nitrogens is 1. The van der Waals surface area contributed by atoms with Gasteiger partial charge in [0.25, 0.3) is 0 Å². The van der Waals surface area contributed by atoms with Crippen molar-refractivity contribution in [3.8, 4) is 0 Å². The molecule has 0 fully saturated rings. The molecule has 1 heterocycles. The summed E-state index contributed by atoms with van der Waals surface area (Å²) >= 11 is 1.27. The molecule has 0 aliphatic carbocycles. The quantitative estimate of drug-likeness (QED) is 0.833. The lowest BCUT2D eigenvalue weighted by molar-refractivity contribution is 0.0659. The third-order valence-electron chi connectivity index (χ3n) is 2.32. The number of nitrogens with zero attached hydrogens (tertiary/aromatic N) is 1. The zero-order chi connectivity index (χ0) is 10.9. The van der Waals surface area contributed by atoms with Crippen LogP contribution >= 0.6 is 11.3 Å². The monoisotopic (exact) mass is 215 g/mol. The maximum Gasteiger partial charge on any atom is 0.307 e. The fraction of sp³-hybridized carbons (Fsp3) is 0.700. The predicted octanol–water partition coefficient (Wildman–Crippen LogP) is 1.69. The topological polar surface area (TPSA) is 42.2 Å². The number of aliphatic hydroxyl groups is 1. The minimum absolute atomic E-state index is 0.0734. The summed E-state index contributed by atoms with van der Waals surface area (Å²) in [5.74, 6) is 0. The first-order chi connectivity index (χ1) is 6.31. The van der Waals surface area contributed by atoms with E-state index in [9.17, 15) is 9.90 Å². The predicted molar refractivity (Wildman–Crippen MR) is 59.0 cm³/mol. The SMILES string of the molecule is Cc1sc(=O)n(CCC(C)(C)O)c1C. The molecule has 0 amide bonds. The standard InChI is InChI=1S/C10H17NO2S/c1-7-8(2)14-9(12)11(7)6-5-10(3,4)13/h13H,5-6H2,1-4H3. The summed E-state index contributed by atoms with van der Waals surface area (Å²) in [5.41, 5.74) is 0.311. The van der Waals surface area contributed by atoms with E-state index < -0.39 is 5.60 Å². The van der Waals surface area contributed by atoms with Crippen molar-refractivity contribution in [1.82, 2.24) is 4.57 Å². The fourth-order valence-electron chi connectivity index (χ4n) is 1.23. The van der Waals surface area contributed by atoms with Gasteiger partial charge in [-0.2, -0.15) is 0 Å². The number of thiazole rings is 1. The highest BCUT2D eigenvalue weighted by Gasteiger charge is 2.14. The molecule has 14 heavy (non-hydrogen) atoms. The van der Waals surface area contributed by atoms with Gasteiger partial charge in [0.05, 0.1) is 5.60 Å². The zero-order valence-electron chi connectivity index (χ0n) is 9.13. The van der Waals surface area contributed by atoms with E-state index in [2.05, 4.69) is 0 Å². The molecule has 1 aromatic heterocycles. The van der Waals surface area contributed by atoms with Crippen molar-refractivity contribution < 1.29 is 5.11 Å². The molecule has 0 unspecified atom stereocenters. The van der Waals surface area contributed by atoms with Gasteiger partial charge in [-0.3, -0.25) is 4.79 Å². The maximum absolute atomic E-state index is 11.5. The first-order valence-electron chi connectivity index (χ1n) is 4.70. The van der Waals surface area contributed by atoms with Crippen molar-refractivity contribution in [3.63, 3.8) is 0 Å². The Morgan fingerprint density at radius 1 is 1.43 bits per heavy atom. The maximum atomic E-state index is 11.5. The van der Waals surface area contributed by atoms with Crippen molar-refractivity contribution in [3.05, 3.63) is 20.2 Å². The second kappa shape index (κ2) is 3.87. The third-order valence-corrected chi connectivity index (χ3v) is 3.32. The largest absolute Gasteiger partial charge is 0.390 e. The summed E-state index contributed by atoms with van der Waals surface area (Å²) in [6.45, 7) is 8.00. The van der Waals surface area contributed by atoms with Crippen LogP contribution in [0.2, 0.25) is 0 Å². The van der Waals surface area contributed by atoms with Crippen molar-refractivity contribution in [2.24, 2.45) is 0 Å². The van der Waals surface area contributed by atoms with E-state index in [-0.39, 0.29) is 4.87 Å². The van der Waals surface area contributed by atoms with Crippen molar-refractivity contribution in [1.29, 1.82) is 0 Å². The van der Waals surface area contributed by atoms with Gasteiger partial charge in [-0.1, -0.05) is 11.3 Å². The molecule has 0 aliphatic rings. The lowest BCUT2D eigenvalue weighted by Crippen LogP contribution is -2.24. The summed E-state index contributed by atoms with van der Waals surface area (Å²) in [6, 6.07) is 0. The van der Waals surface area contributed by atoms with Crippen LogP contribution in [-0.2, 0) is 6.54 Å². The Bertz CT molecular complexity index is 370. The smallest absolute Gasteiger partial charge is 0.307 e. The first kappa shape index (κ1) is 11.5. The molecule has 0 atom stereocenters. The highest BCUT2D eigenvalue weighted by atomic mass is 32.1. The van der Waals surface area contributed by atoms with Crippen molar-refractivity contribution in [2.45, 2.75) is 46.3 Å². The van der Waals surface area contributed by atoms with Gasteiger partial charge >= 0.3 is 4.87 Å². The van der Waals surface area contributed by atoms with E-state index in [1.54, 1.807) is 18.4 Å². The average Bonchev–Trinajstić information content (AvgIpc) is 2.23. The normalized spacial score (nSPS) is 12.1. The summed E-state index contributed by atoms with van der Waals surface area (Å²) in [7, 11) is 0. The van der Waals surface area contributed by atoms with Crippen LogP contribution in [0, 0.1) is 13.8 Å². The third kappa shape index (κ3) is 2.69. The second-order valence-corrected chi connectivity index (χ2v) is 5.39. The molecule has 0 bridgehead atoms. The molecule has 4 heteroatoms. The van der Waals surface area contributed by atoms with Gasteiger partial charge in [0.2, 0.25) is 0 Å². The highest BCUT2D eigenvalue weighted by molar-refractivity contribution is 7.09. The number of rotatable bonds is 3. The Kier molecular flexibility index (Phi) is 3.17. The van der Waals surface area contributed by atoms with Crippen LogP contribution in [0.25, 0.3) is 0 Å². The minimum atomic E-state index is -0.707. The highest BCUT2D eigenvalue weighted by Crippen LogP contribution is 2.13. The first-order valence-corrected chi connectivity index (χ1v) is 5.52. The molecule has 0 spiro atoms. The van der Waals surface area contributed by atoms with E-state index in [0.717, 1.165) is 10.6 Å². The molecule has 1 aromatic rings. The Balaban J connectivity index is 2.82. The Labute approximate surface area is 88.0 Å². The van der Waals surface area contributed by atoms with E-state index >= 15 is 0 Å². The van der Waals surface area contributed by atoms with Crippen LogP contribution < -0.4 is 4.87 Å². The van der Waals surface area contributed by atoms with E-state index in [4.69, 9.17) is 0 Å². The van der Waals surface area contributed by atoms with Gasteiger partial charge in [-0.05, 0) is 34.1 Å². The van der Waals surface area contributed by atoms with E-state index in [1.807, 2.05) is 13.8 Å². The molecule has 1 N–H and O–H groups in total. The summed E-state index contributed by atoms with van der Waals surface area (Å²) in [4.78, 5) is 12.6. The number of hydrogen-bond acceptors (Lipinski definition) is 3.